The quantitative estimate of drug-likeness (QED) is 0.155. The van der Waals surface area contributed by atoms with Gasteiger partial charge in [-0.05, 0) is 201 Å². The highest BCUT2D eigenvalue weighted by atomic mass is 15.2. The minimum absolute atomic E-state index is 0.589. The van der Waals surface area contributed by atoms with E-state index in [2.05, 4.69) is 162 Å². The molecule has 2 unspecified atom stereocenters. The Bertz CT molecular complexity index is 2480. The Morgan fingerprint density at radius 3 is 1.71 bits per heavy atom. The van der Waals surface area contributed by atoms with E-state index in [9.17, 15) is 0 Å². The summed E-state index contributed by atoms with van der Waals surface area (Å²) < 4.78 is 0. The van der Waals surface area contributed by atoms with Crippen molar-refractivity contribution in [3.05, 3.63) is 158 Å². The molecule has 0 radical (unpaired) electrons. The fraction of sp³-hybridized carbons (Fsp3) is 0.280. The third kappa shape index (κ3) is 5.13. The van der Waals surface area contributed by atoms with Gasteiger partial charge in [-0.15, -0.1) is 0 Å². The third-order valence-electron chi connectivity index (χ3n) is 12.8. The molecule has 1 fully saturated rings. The van der Waals surface area contributed by atoms with Crippen LogP contribution in [0.1, 0.15) is 71.2 Å². The van der Waals surface area contributed by atoms with Crippen molar-refractivity contribution in [1.82, 2.24) is 0 Å². The van der Waals surface area contributed by atoms with Crippen molar-refractivity contribution in [2.75, 3.05) is 9.80 Å². The molecular formula is C50H50N2. The SMILES string of the molecule is CCC1=C(C)C=C(N(c2ccc(C)c(C)c2)c2ccc3ccc4c(N(c5ccc(C)c(C)c5)c5ccc(C)c(C)c5)ccc5c4c3c2CC5)C2CC12. The summed E-state index contributed by atoms with van der Waals surface area (Å²) in [4.78, 5) is 5.15. The lowest BCUT2D eigenvalue weighted by Crippen LogP contribution is -2.23. The highest BCUT2D eigenvalue weighted by Crippen LogP contribution is 2.57. The largest absolute Gasteiger partial charge is 0.314 e. The van der Waals surface area contributed by atoms with E-state index in [4.69, 9.17) is 0 Å². The molecule has 0 spiro atoms. The molecule has 2 atom stereocenters. The predicted octanol–water partition coefficient (Wildman–Crippen LogP) is 13.8. The van der Waals surface area contributed by atoms with Crippen LogP contribution in [0.3, 0.4) is 0 Å². The summed E-state index contributed by atoms with van der Waals surface area (Å²) in [6.45, 7) is 18.0. The molecule has 260 valence electrons. The second-order valence-electron chi connectivity index (χ2n) is 15.9. The van der Waals surface area contributed by atoms with Crippen LogP contribution in [0.2, 0.25) is 0 Å². The molecule has 0 heterocycles. The highest BCUT2D eigenvalue weighted by Gasteiger charge is 2.47. The normalized spacial score (nSPS) is 17.5. The fourth-order valence-electron chi connectivity index (χ4n) is 9.35. The van der Waals surface area contributed by atoms with Gasteiger partial charge in [0.1, 0.15) is 0 Å². The lowest BCUT2D eigenvalue weighted by atomic mass is 9.84. The molecule has 0 amide bonds. The van der Waals surface area contributed by atoms with Gasteiger partial charge in [0, 0.05) is 39.8 Å². The number of allylic oxidation sites excluding steroid dienone is 4. The average Bonchev–Trinajstić information content (AvgIpc) is 3.94. The standard InChI is InChI=1S/C50H50N2/c1-9-41-35(8)27-48(45-28-44(41)45)52(40-19-12-31(4)34(7)26-40)47-23-16-37-13-20-42-46(22-15-36-14-21-43(47)50(37)49(36)42)51(38-17-10-29(2)32(5)24-38)39-18-11-30(3)33(6)25-39/h10-13,15-20,22-27,44-45H,9,14,21,28H2,1-8H3. The summed E-state index contributed by atoms with van der Waals surface area (Å²) in [5.41, 5.74) is 21.7. The molecule has 2 heteroatoms. The van der Waals surface area contributed by atoms with E-state index in [1.807, 2.05) is 0 Å². The van der Waals surface area contributed by atoms with Gasteiger partial charge in [-0.1, -0.05) is 55.0 Å². The number of benzene rings is 6. The van der Waals surface area contributed by atoms with E-state index in [0.29, 0.717) is 11.8 Å². The van der Waals surface area contributed by atoms with E-state index >= 15 is 0 Å². The summed E-state index contributed by atoms with van der Waals surface area (Å²) in [5, 5.41) is 5.50. The van der Waals surface area contributed by atoms with Crippen molar-refractivity contribution in [1.29, 1.82) is 0 Å². The Morgan fingerprint density at radius 2 is 1.12 bits per heavy atom. The molecule has 0 saturated heterocycles. The fourth-order valence-corrected chi connectivity index (χ4v) is 9.35. The van der Waals surface area contributed by atoms with Gasteiger partial charge in [0.25, 0.3) is 0 Å². The summed E-state index contributed by atoms with van der Waals surface area (Å²) in [7, 11) is 0. The van der Waals surface area contributed by atoms with Crippen LogP contribution in [-0.4, -0.2) is 0 Å². The zero-order valence-corrected chi connectivity index (χ0v) is 32.1. The van der Waals surface area contributed by atoms with Crippen LogP contribution in [0.4, 0.5) is 28.4 Å². The highest BCUT2D eigenvalue weighted by molar-refractivity contribution is 6.17. The first-order chi connectivity index (χ1) is 25.1. The van der Waals surface area contributed by atoms with Gasteiger partial charge in [0.05, 0.1) is 5.69 Å². The molecular weight excluding hydrogens is 629 g/mol. The van der Waals surface area contributed by atoms with Gasteiger partial charge in [0.2, 0.25) is 0 Å². The molecule has 6 aromatic carbocycles. The smallest absolute Gasteiger partial charge is 0.0540 e. The van der Waals surface area contributed by atoms with Gasteiger partial charge in [-0.25, -0.2) is 0 Å². The zero-order valence-electron chi connectivity index (χ0n) is 32.1. The molecule has 1 saturated carbocycles. The molecule has 3 aliphatic carbocycles. The molecule has 0 N–H and O–H groups in total. The van der Waals surface area contributed by atoms with Crippen molar-refractivity contribution in [2.45, 2.75) is 81.1 Å². The lowest BCUT2D eigenvalue weighted by Gasteiger charge is -2.35. The Morgan fingerprint density at radius 1 is 0.538 bits per heavy atom. The number of aryl methyl sites for hydroxylation is 8. The monoisotopic (exact) mass is 678 g/mol. The van der Waals surface area contributed by atoms with Crippen LogP contribution in [0.15, 0.2) is 114 Å². The summed E-state index contributed by atoms with van der Waals surface area (Å²) in [6, 6.07) is 35.3. The number of hydrogen-bond acceptors (Lipinski definition) is 2. The van der Waals surface area contributed by atoms with Crippen LogP contribution in [-0.2, 0) is 12.8 Å². The maximum absolute atomic E-state index is 2.66. The Balaban J connectivity index is 1.30. The van der Waals surface area contributed by atoms with Crippen molar-refractivity contribution in [2.24, 2.45) is 11.8 Å². The van der Waals surface area contributed by atoms with E-state index in [0.717, 1.165) is 19.3 Å². The van der Waals surface area contributed by atoms with Crippen LogP contribution >= 0.6 is 0 Å². The van der Waals surface area contributed by atoms with Crippen molar-refractivity contribution >= 4 is 50.0 Å². The molecule has 0 aromatic heterocycles. The summed E-state index contributed by atoms with van der Waals surface area (Å²) >= 11 is 0. The molecule has 0 bridgehead atoms. The van der Waals surface area contributed by atoms with Crippen LogP contribution in [0.5, 0.6) is 0 Å². The Labute approximate surface area is 310 Å². The minimum Gasteiger partial charge on any atom is -0.314 e. The molecule has 0 aliphatic heterocycles. The van der Waals surface area contributed by atoms with Crippen LogP contribution in [0.25, 0.3) is 21.5 Å². The van der Waals surface area contributed by atoms with Gasteiger partial charge in [-0.3, -0.25) is 0 Å². The predicted molar refractivity (Wildman–Crippen MR) is 223 cm³/mol. The second-order valence-corrected chi connectivity index (χ2v) is 15.9. The van der Waals surface area contributed by atoms with Crippen LogP contribution in [0, 0.1) is 53.4 Å². The van der Waals surface area contributed by atoms with Crippen molar-refractivity contribution in [3.63, 3.8) is 0 Å². The molecule has 52 heavy (non-hydrogen) atoms. The number of hydrogen-bond donors (Lipinski definition) is 0. The van der Waals surface area contributed by atoms with Gasteiger partial charge >= 0.3 is 0 Å². The van der Waals surface area contributed by atoms with Crippen LogP contribution < -0.4 is 9.80 Å². The van der Waals surface area contributed by atoms with Gasteiger partial charge in [0.15, 0.2) is 0 Å². The number of fused-ring (bicyclic) bond motifs is 1. The molecule has 3 aliphatic rings. The maximum Gasteiger partial charge on any atom is 0.0540 e. The van der Waals surface area contributed by atoms with Gasteiger partial charge < -0.3 is 9.80 Å². The number of anilines is 5. The zero-order chi connectivity index (χ0) is 36.0. The first kappa shape index (κ1) is 32.8. The third-order valence-corrected chi connectivity index (χ3v) is 12.8. The number of nitrogens with zero attached hydrogens (tertiary/aromatic N) is 2. The lowest BCUT2D eigenvalue weighted by molar-refractivity contribution is 0.784. The first-order valence-electron chi connectivity index (χ1n) is 19.4. The Hall–Kier alpha value is -5.08. The summed E-state index contributed by atoms with van der Waals surface area (Å²) in [6.07, 6.45) is 7.02. The van der Waals surface area contributed by atoms with Crippen molar-refractivity contribution in [3.8, 4) is 0 Å². The maximum atomic E-state index is 2.66. The number of rotatable bonds is 7. The van der Waals surface area contributed by atoms with E-state index in [1.165, 1.54) is 112 Å². The Kier molecular flexibility index (Phi) is 7.74. The first-order valence-corrected chi connectivity index (χ1v) is 19.4. The van der Waals surface area contributed by atoms with Crippen molar-refractivity contribution < 1.29 is 0 Å². The summed E-state index contributed by atoms with van der Waals surface area (Å²) in [5.74, 6) is 1.28. The molecule has 2 nitrogen and oxygen atoms in total. The van der Waals surface area contributed by atoms with E-state index in [1.54, 1.807) is 5.57 Å². The molecule has 6 aromatic rings. The molecule has 9 rings (SSSR count). The second kappa shape index (κ2) is 12.3. The van der Waals surface area contributed by atoms with Gasteiger partial charge in [-0.2, -0.15) is 0 Å². The topological polar surface area (TPSA) is 6.48 Å². The average molecular weight is 679 g/mol. The minimum atomic E-state index is 0.589. The van der Waals surface area contributed by atoms with E-state index in [-0.39, 0.29) is 0 Å². The van der Waals surface area contributed by atoms with E-state index < -0.39 is 0 Å².